The van der Waals surface area contributed by atoms with E-state index in [-0.39, 0.29) is 17.1 Å². The molecule has 1 aliphatic carbocycles. The minimum atomic E-state index is -6.00. The quantitative estimate of drug-likeness (QED) is 0.190. The molecule has 0 bridgehead atoms. The van der Waals surface area contributed by atoms with Gasteiger partial charge >= 0.3 is 29.9 Å². The van der Waals surface area contributed by atoms with E-state index < -0.39 is 7.25 Å². The molecule has 1 aromatic carbocycles. The number of halogens is 4. The fourth-order valence-electron chi connectivity index (χ4n) is 1.28. The fourth-order valence-corrected chi connectivity index (χ4v) is 2.50. The molecule has 145 valence electrons. The summed E-state index contributed by atoms with van der Waals surface area (Å²) in [6, 6.07) is 10.7. The molecule has 1 atom stereocenters. The Kier molecular flexibility index (Phi) is 25.3. The zero-order chi connectivity index (χ0) is 20.4. The maximum Gasteiger partial charge on any atom is 0.00506 e. The summed E-state index contributed by atoms with van der Waals surface area (Å²) >= 11 is 0. The summed E-state index contributed by atoms with van der Waals surface area (Å²) in [5, 5.41) is 1.89. The molecule has 0 saturated heterocycles. The summed E-state index contributed by atoms with van der Waals surface area (Å²) in [6.45, 7) is 15.8. The molecule has 0 saturated carbocycles. The van der Waals surface area contributed by atoms with E-state index in [1.165, 1.54) is 5.30 Å². The summed E-state index contributed by atoms with van der Waals surface area (Å²) in [5.74, 6) is 0. The molecule has 1 unspecified atom stereocenters. The van der Waals surface area contributed by atoms with Crippen LogP contribution in [0.5, 0.6) is 0 Å². The van der Waals surface area contributed by atoms with Gasteiger partial charge in [0, 0.05) is 23.5 Å². The van der Waals surface area contributed by atoms with Crippen LogP contribution in [0, 0.1) is 19.7 Å². The summed E-state index contributed by atoms with van der Waals surface area (Å²) < 4.78 is 54.0. The maximum atomic E-state index is 9.75. The Balaban J connectivity index is -0.000000137. The van der Waals surface area contributed by atoms with Crippen molar-refractivity contribution in [1.82, 2.24) is 0 Å². The van der Waals surface area contributed by atoms with Crippen molar-refractivity contribution in [3.8, 4) is 0 Å². The number of hydrogen-bond donors (Lipinski definition) is 0. The Morgan fingerprint density at radius 3 is 1.38 bits per heavy atom. The van der Waals surface area contributed by atoms with Crippen molar-refractivity contribution >= 4 is 21.1 Å². The summed E-state index contributed by atoms with van der Waals surface area (Å²) in [7, 11) is -5.09. The Labute approximate surface area is 165 Å². The third-order valence-corrected chi connectivity index (χ3v) is 3.22. The van der Waals surface area contributed by atoms with Gasteiger partial charge in [0.2, 0.25) is 0 Å². The van der Waals surface area contributed by atoms with Crippen LogP contribution >= 0.6 is 8.58 Å². The van der Waals surface area contributed by atoms with E-state index >= 15 is 0 Å². The molecular weight excluding hydrogens is 410 g/mol. The Morgan fingerprint density at radius 2 is 1.15 bits per heavy atom. The van der Waals surface area contributed by atoms with Crippen molar-refractivity contribution in [2.24, 2.45) is 0 Å². The Morgan fingerprint density at radius 1 is 0.808 bits per heavy atom. The van der Waals surface area contributed by atoms with Gasteiger partial charge in [0.1, 0.15) is 0 Å². The number of rotatable bonds is 1. The van der Waals surface area contributed by atoms with Gasteiger partial charge in [-0.1, -0.05) is 84.0 Å². The van der Waals surface area contributed by atoms with Crippen LogP contribution in [0.3, 0.4) is 0 Å². The van der Waals surface area contributed by atoms with Gasteiger partial charge in [-0.25, -0.2) is 0 Å². The van der Waals surface area contributed by atoms with E-state index in [4.69, 9.17) is 9.30 Å². The standard InChI is InChI=1S/C10H15P.C5H5.2CO.BF4.Fe/c1-10(2,3)11-9-7-5-4-6-8-9;1-2-4-5-3-1;2*1-2;2-1(3,4)5;/h4-8,11H,1-3H3;1-5H;;;;/q;;;;-1;. The molecule has 0 amide bonds. The van der Waals surface area contributed by atoms with E-state index in [1.807, 2.05) is 30.7 Å². The smallest absolute Gasteiger partial charge is 0.00506 e. The molecule has 2 nitrogen and oxygen atoms in total. The van der Waals surface area contributed by atoms with Crippen LogP contribution in [0.25, 0.3) is 0 Å². The molecule has 0 aromatic heterocycles. The van der Waals surface area contributed by atoms with Crippen molar-refractivity contribution in [1.29, 1.82) is 0 Å². The van der Waals surface area contributed by atoms with Crippen molar-refractivity contribution in [3.05, 3.63) is 74.4 Å². The van der Waals surface area contributed by atoms with E-state index in [9.17, 15) is 17.3 Å². The third kappa shape index (κ3) is 38.5. The summed E-state index contributed by atoms with van der Waals surface area (Å²) in [6.07, 6.45) is 10.0. The predicted octanol–water partition coefficient (Wildman–Crippen LogP) is 5.33. The van der Waals surface area contributed by atoms with Gasteiger partial charge in [-0.15, -0.1) is 0 Å². The molecule has 2 rings (SSSR count). The normalized spacial score (nSPS) is 11.2. The van der Waals surface area contributed by atoms with Crippen LogP contribution in [-0.4, -0.2) is 12.4 Å². The van der Waals surface area contributed by atoms with Crippen LogP contribution in [0.15, 0.2) is 54.6 Å². The largest absolute Gasteiger partial charge is 0.0767 e. The van der Waals surface area contributed by atoms with E-state index in [1.54, 1.807) is 0 Å². The van der Waals surface area contributed by atoms with Crippen LogP contribution in [0.4, 0.5) is 17.3 Å². The second-order valence-corrected chi connectivity index (χ2v) is 7.53. The van der Waals surface area contributed by atoms with Crippen LogP contribution in [0.1, 0.15) is 20.8 Å². The maximum absolute atomic E-state index is 9.75. The van der Waals surface area contributed by atoms with Crippen molar-refractivity contribution in [2.75, 3.05) is 0 Å². The number of benzene rings is 1. The summed E-state index contributed by atoms with van der Waals surface area (Å²) in [4.78, 5) is 0. The van der Waals surface area contributed by atoms with E-state index in [0.717, 1.165) is 8.58 Å². The second kappa shape index (κ2) is 20.2. The van der Waals surface area contributed by atoms with Gasteiger partial charge in [0.15, 0.2) is 0 Å². The molecule has 0 aliphatic heterocycles. The average Bonchev–Trinajstić information content (AvgIpc) is 3.08. The van der Waals surface area contributed by atoms with E-state index in [2.05, 4.69) is 64.4 Å². The molecule has 0 N–H and O–H groups in total. The van der Waals surface area contributed by atoms with Crippen molar-refractivity contribution < 1.29 is 43.6 Å². The second-order valence-electron chi connectivity index (χ2n) is 5.20. The molecule has 1 aliphatic rings. The molecule has 0 spiro atoms. The van der Waals surface area contributed by atoms with Gasteiger partial charge in [0.25, 0.3) is 0 Å². The van der Waals surface area contributed by atoms with Crippen LogP contribution < -0.4 is 5.30 Å². The minimum Gasteiger partial charge on any atom is -0.0767 e. The van der Waals surface area contributed by atoms with Gasteiger partial charge < -0.3 is 17.3 Å². The first-order valence-corrected chi connectivity index (χ1v) is 7.86. The Bertz CT molecular complexity index is 502. The van der Waals surface area contributed by atoms with Gasteiger partial charge in [-0.2, -0.15) is 0 Å². The molecule has 1 radical (unpaired) electrons. The zero-order valence-electron chi connectivity index (χ0n) is 14.5. The summed E-state index contributed by atoms with van der Waals surface area (Å²) in [5.41, 5.74) is 0. The zero-order valence-corrected chi connectivity index (χ0v) is 16.6. The van der Waals surface area contributed by atoms with Crippen molar-refractivity contribution in [2.45, 2.75) is 25.9 Å². The first kappa shape index (κ1) is 32.6. The minimum absolute atomic E-state index is 0. The molecule has 26 heavy (non-hydrogen) atoms. The first-order chi connectivity index (χ1) is 11.6. The number of hydrogen-bond acceptors (Lipinski definition) is 0. The third-order valence-electron chi connectivity index (χ3n) is 1.85. The number of allylic oxidation sites excluding steroid dienone is 4. The monoisotopic (exact) mass is 430 g/mol. The van der Waals surface area contributed by atoms with Gasteiger partial charge in [0.05, 0.1) is 0 Å². The van der Waals surface area contributed by atoms with Gasteiger partial charge in [-0.05, 0) is 10.5 Å². The van der Waals surface area contributed by atoms with Crippen LogP contribution in [0.2, 0.25) is 0 Å². The van der Waals surface area contributed by atoms with E-state index in [0.29, 0.717) is 5.16 Å². The molecule has 1 aromatic rings. The average molecular weight is 430 g/mol. The Hall–Kier alpha value is -1.09. The molecular formula is C17H20BF4FeO2P-. The topological polar surface area (TPSA) is 39.8 Å². The molecule has 9 heteroatoms. The van der Waals surface area contributed by atoms with Crippen LogP contribution in [-0.2, 0) is 26.4 Å². The molecule has 0 fully saturated rings. The molecule has 0 heterocycles. The predicted molar refractivity (Wildman–Crippen MR) is 94.8 cm³/mol. The fraction of sp³-hybridized carbons (Fsp3) is 0.235. The SMILES string of the molecule is CC(C)(C)Pc1ccccc1.F[B-](F)(F)F.[C-]#[O+].[C-]#[O+].[CH]1C=CC=C1.[Fe]. The van der Waals surface area contributed by atoms with Crippen molar-refractivity contribution in [3.63, 3.8) is 0 Å². The first-order valence-electron chi connectivity index (χ1n) is 6.86. The van der Waals surface area contributed by atoms with Gasteiger partial charge in [-0.3, -0.25) is 0 Å².